The zero-order chi connectivity index (χ0) is 11.4. The molecule has 4 heteroatoms. The highest BCUT2D eigenvalue weighted by Gasteiger charge is 1.96. The summed E-state index contributed by atoms with van der Waals surface area (Å²) >= 11 is 3.44. The Morgan fingerprint density at radius 3 is 2.60 bits per heavy atom. The smallest absolute Gasteiger partial charge is 0.125 e. The Hall–Kier alpha value is -1.29. The molecule has 1 aromatic rings. The van der Waals surface area contributed by atoms with E-state index in [0.717, 1.165) is 15.7 Å². The van der Waals surface area contributed by atoms with Crippen molar-refractivity contribution in [2.45, 2.75) is 13.8 Å². The minimum atomic E-state index is 0.408. The van der Waals surface area contributed by atoms with Crippen molar-refractivity contribution < 1.29 is 0 Å². The topological polar surface area (TPSA) is 64.4 Å². The highest BCUT2D eigenvalue weighted by Crippen LogP contribution is 2.22. The Bertz CT molecular complexity index is 418. The van der Waals surface area contributed by atoms with Crippen LogP contribution in [0.2, 0.25) is 0 Å². The molecule has 0 saturated carbocycles. The molecule has 15 heavy (non-hydrogen) atoms. The lowest BCUT2D eigenvalue weighted by molar-refractivity contribution is 1.31. The summed E-state index contributed by atoms with van der Waals surface area (Å²) in [5.41, 5.74) is 13.8. The second kappa shape index (κ2) is 4.98. The Morgan fingerprint density at radius 2 is 2.07 bits per heavy atom. The second-order valence-electron chi connectivity index (χ2n) is 3.36. The van der Waals surface area contributed by atoms with Gasteiger partial charge in [-0.1, -0.05) is 22.0 Å². The molecule has 0 aliphatic rings. The first-order valence-electron chi connectivity index (χ1n) is 4.53. The maximum atomic E-state index is 5.67. The van der Waals surface area contributed by atoms with Gasteiger partial charge in [-0.3, -0.25) is 0 Å². The lowest BCUT2D eigenvalue weighted by Crippen LogP contribution is -2.09. The normalized spacial score (nSPS) is 13.0. The SMILES string of the molecule is C/C(N)=C/C(N)=Nc1ccc(C)c(Br)c1. The fourth-order valence-electron chi connectivity index (χ4n) is 1.07. The number of nitrogens with two attached hydrogens (primary N) is 2. The van der Waals surface area contributed by atoms with Gasteiger partial charge in [0.05, 0.1) is 5.69 Å². The van der Waals surface area contributed by atoms with Gasteiger partial charge in [-0.25, -0.2) is 4.99 Å². The number of aryl methyl sites for hydroxylation is 1. The van der Waals surface area contributed by atoms with Crippen LogP contribution in [0.4, 0.5) is 5.69 Å². The molecule has 0 atom stereocenters. The second-order valence-corrected chi connectivity index (χ2v) is 4.21. The number of hydrogen-bond acceptors (Lipinski definition) is 2. The summed E-state index contributed by atoms with van der Waals surface area (Å²) in [7, 11) is 0. The molecule has 0 amide bonds. The van der Waals surface area contributed by atoms with Crippen molar-refractivity contribution in [3.63, 3.8) is 0 Å². The van der Waals surface area contributed by atoms with E-state index in [4.69, 9.17) is 11.5 Å². The molecule has 0 unspecified atom stereocenters. The fourth-order valence-corrected chi connectivity index (χ4v) is 1.43. The monoisotopic (exact) mass is 267 g/mol. The summed E-state index contributed by atoms with van der Waals surface area (Å²) in [4.78, 5) is 4.21. The van der Waals surface area contributed by atoms with Gasteiger partial charge in [-0.2, -0.15) is 0 Å². The Morgan fingerprint density at radius 1 is 1.40 bits per heavy atom. The standard InChI is InChI=1S/C11H14BrN3/c1-7-3-4-9(6-10(7)12)15-11(14)5-8(2)13/h3-6H,13H2,1-2H3,(H2,14,15)/b8-5-. The summed E-state index contributed by atoms with van der Waals surface area (Å²) in [5.74, 6) is 0.408. The predicted molar refractivity (Wildman–Crippen MR) is 68.1 cm³/mol. The molecule has 0 aliphatic heterocycles. The van der Waals surface area contributed by atoms with E-state index in [-0.39, 0.29) is 0 Å². The third-order valence-corrected chi connectivity index (χ3v) is 2.64. The maximum Gasteiger partial charge on any atom is 0.125 e. The van der Waals surface area contributed by atoms with E-state index in [1.807, 2.05) is 25.1 Å². The minimum absolute atomic E-state index is 0.408. The molecule has 1 aromatic carbocycles. The van der Waals surface area contributed by atoms with Crippen molar-refractivity contribution in [1.82, 2.24) is 0 Å². The van der Waals surface area contributed by atoms with Crippen molar-refractivity contribution in [3.8, 4) is 0 Å². The first-order chi connectivity index (χ1) is 6.99. The van der Waals surface area contributed by atoms with Gasteiger partial charge >= 0.3 is 0 Å². The van der Waals surface area contributed by atoms with Crippen molar-refractivity contribution in [1.29, 1.82) is 0 Å². The van der Waals surface area contributed by atoms with Crippen LogP contribution in [0.3, 0.4) is 0 Å². The molecular formula is C11H14BrN3. The fraction of sp³-hybridized carbons (Fsp3) is 0.182. The minimum Gasteiger partial charge on any atom is -0.402 e. The van der Waals surface area contributed by atoms with Crippen LogP contribution in [0.1, 0.15) is 12.5 Å². The van der Waals surface area contributed by atoms with Gasteiger partial charge in [-0.15, -0.1) is 0 Å². The zero-order valence-electron chi connectivity index (χ0n) is 8.79. The quantitative estimate of drug-likeness (QED) is 0.639. The van der Waals surface area contributed by atoms with Gasteiger partial charge in [0.25, 0.3) is 0 Å². The lowest BCUT2D eigenvalue weighted by atomic mass is 10.2. The molecule has 0 spiro atoms. The van der Waals surface area contributed by atoms with Crippen LogP contribution in [0.5, 0.6) is 0 Å². The van der Waals surface area contributed by atoms with Gasteiger partial charge in [0, 0.05) is 10.2 Å². The van der Waals surface area contributed by atoms with E-state index in [1.54, 1.807) is 13.0 Å². The van der Waals surface area contributed by atoms with E-state index in [9.17, 15) is 0 Å². The highest BCUT2D eigenvalue weighted by molar-refractivity contribution is 9.10. The van der Waals surface area contributed by atoms with Crippen LogP contribution < -0.4 is 11.5 Å². The van der Waals surface area contributed by atoms with Crippen LogP contribution >= 0.6 is 15.9 Å². The van der Waals surface area contributed by atoms with E-state index < -0.39 is 0 Å². The largest absolute Gasteiger partial charge is 0.402 e. The molecule has 1 rings (SSSR count). The molecular weight excluding hydrogens is 254 g/mol. The number of aliphatic imine (C=N–C) groups is 1. The molecule has 3 nitrogen and oxygen atoms in total. The van der Waals surface area contributed by atoms with E-state index >= 15 is 0 Å². The summed E-state index contributed by atoms with van der Waals surface area (Å²) in [6.07, 6.45) is 1.63. The molecule has 0 fully saturated rings. The maximum absolute atomic E-state index is 5.67. The molecule has 0 aromatic heterocycles. The lowest BCUT2D eigenvalue weighted by Gasteiger charge is -2.00. The molecule has 0 heterocycles. The van der Waals surface area contributed by atoms with Crippen molar-refractivity contribution >= 4 is 27.5 Å². The van der Waals surface area contributed by atoms with Gasteiger partial charge in [0.2, 0.25) is 0 Å². The summed E-state index contributed by atoms with van der Waals surface area (Å²) in [6, 6.07) is 5.81. The van der Waals surface area contributed by atoms with E-state index in [0.29, 0.717) is 11.5 Å². The summed E-state index contributed by atoms with van der Waals surface area (Å²) in [6.45, 7) is 3.79. The summed E-state index contributed by atoms with van der Waals surface area (Å²) in [5, 5.41) is 0. The van der Waals surface area contributed by atoms with Crippen LogP contribution in [-0.4, -0.2) is 5.84 Å². The number of benzene rings is 1. The van der Waals surface area contributed by atoms with Crippen molar-refractivity contribution in [3.05, 3.63) is 40.0 Å². The molecule has 80 valence electrons. The van der Waals surface area contributed by atoms with Crippen LogP contribution in [0, 0.1) is 6.92 Å². The Kier molecular flexibility index (Phi) is 3.91. The molecule has 4 N–H and O–H groups in total. The number of rotatable bonds is 2. The van der Waals surface area contributed by atoms with E-state index in [2.05, 4.69) is 20.9 Å². The highest BCUT2D eigenvalue weighted by atomic mass is 79.9. The van der Waals surface area contributed by atoms with Crippen molar-refractivity contribution in [2.75, 3.05) is 0 Å². The van der Waals surface area contributed by atoms with Gasteiger partial charge in [0.15, 0.2) is 0 Å². The number of hydrogen-bond donors (Lipinski definition) is 2. The summed E-state index contributed by atoms with van der Waals surface area (Å²) < 4.78 is 1.02. The molecule has 0 aliphatic carbocycles. The number of nitrogens with zero attached hydrogens (tertiary/aromatic N) is 1. The third kappa shape index (κ3) is 3.75. The first-order valence-corrected chi connectivity index (χ1v) is 5.32. The van der Waals surface area contributed by atoms with Crippen LogP contribution in [0.25, 0.3) is 0 Å². The average Bonchev–Trinajstić information content (AvgIpc) is 2.10. The molecule has 0 radical (unpaired) electrons. The Balaban J connectivity index is 2.99. The number of allylic oxidation sites excluding steroid dienone is 1. The molecule has 0 bridgehead atoms. The predicted octanol–water partition coefficient (Wildman–Crippen LogP) is 2.61. The van der Waals surface area contributed by atoms with Gasteiger partial charge in [0.1, 0.15) is 5.84 Å². The van der Waals surface area contributed by atoms with E-state index in [1.165, 1.54) is 0 Å². The first kappa shape index (κ1) is 11.8. The van der Waals surface area contributed by atoms with Crippen LogP contribution in [-0.2, 0) is 0 Å². The number of halogens is 1. The third-order valence-electron chi connectivity index (χ3n) is 1.79. The van der Waals surface area contributed by atoms with Gasteiger partial charge in [-0.05, 0) is 37.6 Å². The number of amidine groups is 1. The van der Waals surface area contributed by atoms with Crippen molar-refractivity contribution in [2.24, 2.45) is 16.5 Å². The average molecular weight is 268 g/mol. The molecule has 0 saturated heterocycles. The van der Waals surface area contributed by atoms with Crippen LogP contribution in [0.15, 0.2) is 39.4 Å². The zero-order valence-corrected chi connectivity index (χ0v) is 10.4. The van der Waals surface area contributed by atoms with Gasteiger partial charge < -0.3 is 11.5 Å². The Labute approximate surface area is 98.0 Å².